The molecule has 124 valence electrons. The standard InChI is InChI=1S/C17H21FN2OS2/c1-12-13(2)22-8-7-20(12)9-15-11-23-17(19-15)10-21-16-5-3-14(18)4-6-16/h3-6,11-13H,7-10H2,1-2H3. The molecule has 3 nitrogen and oxygen atoms in total. The van der Waals surface area contributed by atoms with E-state index in [0.29, 0.717) is 23.6 Å². The zero-order valence-electron chi connectivity index (χ0n) is 13.4. The highest BCUT2D eigenvalue weighted by atomic mass is 32.2. The molecule has 0 aliphatic carbocycles. The molecule has 3 rings (SSSR count). The van der Waals surface area contributed by atoms with Crippen molar-refractivity contribution in [2.45, 2.75) is 38.3 Å². The first-order chi connectivity index (χ1) is 11.1. The summed E-state index contributed by atoms with van der Waals surface area (Å²) in [5.74, 6) is 1.60. The van der Waals surface area contributed by atoms with E-state index in [0.717, 1.165) is 23.8 Å². The zero-order chi connectivity index (χ0) is 16.2. The summed E-state index contributed by atoms with van der Waals surface area (Å²) in [4.78, 5) is 7.17. The summed E-state index contributed by atoms with van der Waals surface area (Å²) in [5.41, 5.74) is 1.11. The summed E-state index contributed by atoms with van der Waals surface area (Å²) >= 11 is 3.67. The molecule has 1 aliphatic rings. The van der Waals surface area contributed by atoms with Crippen LogP contribution in [0, 0.1) is 5.82 Å². The third kappa shape index (κ3) is 4.46. The van der Waals surface area contributed by atoms with Gasteiger partial charge in [-0.15, -0.1) is 11.3 Å². The molecule has 0 amide bonds. The minimum Gasteiger partial charge on any atom is -0.486 e. The fourth-order valence-electron chi connectivity index (χ4n) is 2.59. The van der Waals surface area contributed by atoms with Crippen molar-refractivity contribution in [2.75, 3.05) is 12.3 Å². The third-order valence-electron chi connectivity index (χ3n) is 4.15. The van der Waals surface area contributed by atoms with Crippen molar-refractivity contribution in [3.8, 4) is 5.75 Å². The van der Waals surface area contributed by atoms with E-state index in [-0.39, 0.29) is 5.82 Å². The Hall–Kier alpha value is -1.11. The van der Waals surface area contributed by atoms with Crippen LogP contribution >= 0.6 is 23.1 Å². The van der Waals surface area contributed by atoms with Gasteiger partial charge in [-0.1, -0.05) is 6.92 Å². The van der Waals surface area contributed by atoms with Crippen LogP contribution in [-0.2, 0) is 13.2 Å². The van der Waals surface area contributed by atoms with Gasteiger partial charge in [0.1, 0.15) is 23.2 Å². The normalized spacial score (nSPS) is 22.2. The lowest BCUT2D eigenvalue weighted by atomic mass is 10.2. The molecular weight excluding hydrogens is 331 g/mol. The Morgan fingerprint density at radius 1 is 1.30 bits per heavy atom. The van der Waals surface area contributed by atoms with Crippen molar-refractivity contribution in [1.82, 2.24) is 9.88 Å². The maximum absolute atomic E-state index is 12.9. The second kappa shape index (κ2) is 7.64. The van der Waals surface area contributed by atoms with Crippen LogP contribution < -0.4 is 4.74 Å². The Morgan fingerprint density at radius 2 is 2.09 bits per heavy atom. The smallest absolute Gasteiger partial charge is 0.140 e. The fourth-order valence-corrected chi connectivity index (χ4v) is 4.45. The molecule has 2 aromatic rings. The molecule has 2 heterocycles. The largest absolute Gasteiger partial charge is 0.486 e. The summed E-state index contributed by atoms with van der Waals surface area (Å²) in [6, 6.07) is 6.66. The molecule has 2 atom stereocenters. The summed E-state index contributed by atoms with van der Waals surface area (Å²) in [6.45, 7) is 7.04. The molecule has 2 unspecified atom stereocenters. The second-order valence-electron chi connectivity index (χ2n) is 5.76. The minimum absolute atomic E-state index is 0.253. The van der Waals surface area contributed by atoms with Crippen molar-refractivity contribution < 1.29 is 9.13 Å². The van der Waals surface area contributed by atoms with Crippen molar-refractivity contribution in [1.29, 1.82) is 0 Å². The van der Waals surface area contributed by atoms with Gasteiger partial charge in [0, 0.05) is 35.5 Å². The summed E-state index contributed by atoms with van der Waals surface area (Å²) in [5, 5.41) is 3.74. The molecule has 1 saturated heterocycles. The first kappa shape index (κ1) is 16.7. The number of benzene rings is 1. The van der Waals surface area contributed by atoms with Crippen LogP contribution in [0.4, 0.5) is 4.39 Å². The Balaban J connectivity index is 1.54. The highest BCUT2D eigenvalue weighted by Crippen LogP contribution is 2.26. The van der Waals surface area contributed by atoms with Gasteiger partial charge in [0.15, 0.2) is 0 Å². The third-order valence-corrected chi connectivity index (χ3v) is 6.36. The number of hydrogen-bond acceptors (Lipinski definition) is 5. The van der Waals surface area contributed by atoms with E-state index in [9.17, 15) is 4.39 Å². The molecule has 0 N–H and O–H groups in total. The quantitative estimate of drug-likeness (QED) is 0.806. The Kier molecular flexibility index (Phi) is 5.56. The van der Waals surface area contributed by atoms with E-state index >= 15 is 0 Å². The van der Waals surface area contributed by atoms with E-state index in [4.69, 9.17) is 4.74 Å². The summed E-state index contributed by atoms with van der Waals surface area (Å²) < 4.78 is 18.5. The van der Waals surface area contributed by atoms with Crippen LogP contribution in [0.5, 0.6) is 5.75 Å². The van der Waals surface area contributed by atoms with Crippen molar-refractivity contribution in [3.05, 3.63) is 46.2 Å². The number of halogens is 1. The maximum atomic E-state index is 12.9. The molecule has 1 fully saturated rings. The van der Waals surface area contributed by atoms with Crippen LogP contribution in [0.3, 0.4) is 0 Å². The molecule has 0 spiro atoms. The molecule has 23 heavy (non-hydrogen) atoms. The molecule has 0 saturated carbocycles. The van der Waals surface area contributed by atoms with Crippen LogP contribution in [0.25, 0.3) is 0 Å². The van der Waals surface area contributed by atoms with Gasteiger partial charge in [-0.05, 0) is 31.2 Å². The minimum atomic E-state index is -0.253. The monoisotopic (exact) mass is 352 g/mol. The topological polar surface area (TPSA) is 25.4 Å². The lowest BCUT2D eigenvalue weighted by Gasteiger charge is -2.37. The van der Waals surface area contributed by atoms with Crippen LogP contribution in [0.1, 0.15) is 24.5 Å². The van der Waals surface area contributed by atoms with Crippen molar-refractivity contribution in [2.24, 2.45) is 0 Å². The van der Waals surface area contributed by atoms with Gasteiger partial charge in [0.25, 0.3) is 0 Å². The van der Waals surface area contributed by atoms with Gasteiger partial charge < -0.3 is 4.74 Å². The van der Waals surface area contributed by atoms with Gasteiger partial charge in [-0.3, -0.25) is 4.90 Å². The number of hydrogen-bond donors (Lipinski definition) is 0. The van der Waals surface area contributed by atoms with E-state index in [1.165, 1.54) is 17.9 Å². The highest BCUT2D eigenvalue weighted by Gasteiger charge is 2.25. The second-order valence-corrected chi connectivity index (χ2v) is 8.19. The van der Waals surface area contributed by atoms with Crippen LogP contribution in [0.2, 0.25) is 0 Å². The molecule has 1 aromatic heterocycles. The number of nitrogens with zero attached hydrogens (tertiary/aromatic N) is 2. The SMILES string of the molecule is CC1SCCN(Cc2csc(COc3ccc(F)cc3)n2)C1C. The van der Waals surface area contributed by atoms with Gasteiger partial charge in [0.05, 0.1) is 5.69 Å². The molecule has 6 heteroatoms. The highest BCUT2D eigenvalue weighted by molar-refractivity contribution is 8.00. The average Bonchev–Trinajstić information content (AvgIpc) is 2.99. The molecule has 1 aliphatic heterocycles. The summed E-state index contributed by atoms with van der Waals surface area (Å²) in [7, 11) is 0. The van der Waals surface area contributed by atoms with Crippen LogP contribution in [-0.4, -0.2) is 33.5 Å². The van der Waals surface area contributed by atoms with Crippen molar-refractivity contribution >= 4 is 23.1 Å². The van der Waals surface area contributed by atoms with E-state index in [1.807, 2.05) is 11.8 Å². The van der Waals surface area contributed by atoms with Gasteiger partial charge in [0.2, 0.25) is 0 Å². The Bertz CT molecular complexity index is 632. The number of aromatic nitrogens is 1. The predicted octanol–water partition coefficient (Wildman–Crippen LogP) is 4.19. The average molecular weight is 353 g/mol. The van der Waals surface area contributed by atoms with Gasteiger partial charge >= 0.3 is 0 Å². The first-order valence-electron chi connectivity index (χ1n) is 7.79. The maximum Gasteiger partial charge on any atom is 0.140 e. The van der Waals surface area contributed by atoms with E-state index in [2.05, 4.69) is 29.1 Å². The number of thiazole rings is 1. The molecule has 0 bridgehead atoms. The van der Waals surface area contributed by atoms with Crippen molar-refractivity contribution in [3.63, 3.8) is 0 Å². The number of thioether (sulfide) groups is 1. The number of rotatable bonds is 5. The van der Waals surface area contributed by atoms with E-state index < -0.39 is 0 Å². The van der Waals surface area contributed by atoms with Gasteiger partial charge in [-0.2, -0.15) is 11.8 Å². The lowest BCUT2D eigenvalue weighted by Crippen LogP contribution is -2.44. The van der Waals surface area contributed by atoms with Gasteiger partial charge in [-0.25, -0.2) is 9.37 Å². The predicted molar refractivity (Wildman–Crippen MR) is 94.6 cm³/mol. The van der Waals surface area contributed by atoms with E-state index in [1.54, 1.807) is 23.5 Å². The molecular formula is C17H21FN2OS2. The summed E-state index contributed by atoms with van der Waals surface area (Å²) in [6.07, 6.45) is 0. The molecule has 0 radical (unpaired) electrons. The van der Waals surface area contributed by atoms with Crippen LogP contribution in [0.15, 0.2) is 29.6 Å². The zero-order valence-corrected chi connectivity index (χ0v) is 15.0. The molecule has 1 aromatic carbocycles. The lowest BCUT2D eigenvalue weighted by molar-refractivity contribution is 0.202. The number of ether oxygens (including phenoxy) is 1. The Morgan fingerprint density at radius 3 is 2.87 bits per heavy atom. The first-order valence-corrected chi connectivity index (χ1v) is 9.72. The fraction of sp³-hybridized carbons (Fsp3) is 0.471. The Labute approximate surface area is 144 Å².